The van der Waals surface area contributed by atoms with E-state index < -0.39 is 37.9 Å². The minimum atomic E-state index is -3.59. The number of carbonyl (C=O) groups excluding carboxylic acids is 1. The van der Waals surface area contributed by atoms with Gasteiger partial charge in [0, 0.05) is 49.4 Å². The zero-order valence-corrected chi connectivity index (χ0v) is 26.1. The zero-order chi connectivity index (χ0) is 29.6. The Hall–Kier alpha value is -1.73. The third-order valence-corrected chi connectivity index (χ3v) is 14.5. The van der Waals surface area contributed by atoms with Crippen LogP contribution in [0.5, 0.6) is 0 Å². The van der Waals surface area contributed by atoms with Gasteiger partial charge in [0.2, 0.25) is 15.9 Å². The van der Waals surface area contributed by atoms with Crippen molar-refractivity contribution in [3.63, 3.8) is 0 Å². The van der Waals surface area contributed by atoms with E-state index in [1.54, 1.807) is 4.31 Å². The number of nitrogens with one attached hydrogen (secondary N) is 2. The van der Waals surface area contributed by atoms with Crippen molar-refractivity contribution in [2.24, 2.45) is 16.7 Å². The summed E-state index contributed by atoms with van der Waals surface area (Å²) in [6.45, 7) is 8.08. The average Bonchev–Trinajstić information content (AvgIpc) is 3.27. The van der Waals surface area contributed by atoms with Crippen LogP contribution in [0, 0.1) is 23.7 Å². The normalized spacial score (nSPS) is 30.8. The van der Waals surface area contributed by atoms with Gasteiger partial charge in [-0.15, -0.1) is 0 Å². The number of nitrogens with zero attached hydrogens (tertiary/aromatic N) is 2. The number of amides is 1. The maximum atomic E-state index is 14.0. The third kappa shape index (κ3) is 5.91. The van der Waals surface area contributed by atoms with E-state index in [2.05, 4.69) is 48.4 Å². The van der Waals surface area contributed by atoms with Crippen molar-refractivity contribution >= 4 is 31.5 Å². The highest BCUT2D eigenvalue weighted by Gasteiger charge is 2.66. The fraction of sp³-hybridized carbons (Fsp3) is 0.759. The van der Waals surface area contributed by atoms with Gasteiger partial charge < -0.3 is 20.6 Å². The fourth-order valence-corrected chi connectivity index (χ4v) is 11.8. The van der Waals surface area contributed by atoms with Crippen LogP contribution in [0.15, 0.2) is 24.3 Å². The van der Waals surface area contributed by atoms with Crippen LogP contribution in [0.2, 0.25) is 0 Å². The Bertz CT molecular complexity index is 1330. The maximum Gasteiger partial charge on any atom is 0.239 e. The number of aryl methyl sites for hydroxylation is 1. The SMILES string of the molecule is Cc1ccccc1N1CCN(S(=O)(=O)CC23CCC(CC2NC(=O)[C@H](CO)NC2CCS(=O)(=O)CC2)C3(C)C)CC1. The van der Waals surface area contributed by atoms with Crippen LogP contribution in [0.4, 0.5) is 5.69 Å². The van der Waals surface area contributed by atoms with Crippen LogP contribution in [0.1, 0.15) is 51.5 Å². The Balaban J connectivity index is 1.26. The van der Waals surface area contributed by atoms with Crippen molar-refractivity contribution in [3.8, 4) is 0 Å². The molecule has 4 atom stereocenters. The Kier molecular flexibility index (Phi) is 8.55. The van der Waals surface area contributed by atoms with Crippen LogP contribution >= 0.6 is 0 Å². The van der Waals surface area contributed by atoms with Gasteiger partial charge in [0.05, 0.1) is 23.9 Å². The first-order valence-corrected chi connectivity index (χ1v) is 18.4. The van der Waals surface area contributed by atoms with Crippen LogP contribution < -0.4 is 15.5 Å². The molecule has 5 rings (SSSR count). The lowest BCUT2D eigenvalue weighted by molar-refractivity contribution is -0.126. The first kappa shape index (κ1) is 30.7. The van der Waals surface area contributed by atoms with Crippen molar-refractivity contribution in [1.82, 2.24) is 14.9 Å². The molecule has 2 aliphatic carbocycles. The number of fused-ring (bicyclic) bond motifs is 2. The summed E-state index contributed by atoms with van der Waals surface area (Å²) in [5.74, 6) is 0.103. The number of anilines is 1. The number of para-hydroxylation sites is 1. The van der Waals surface area contributed by atoms with E-state index >= 15 is 0 Å². The van der Waals surface area contributed by atoms with Crippen molar-refractivity contribution < 1.29 is 26.7 Å². The van der Waals surface area contributed by atoms with Crippen LogP contribution in [0.25, 0.3) is 0 Å². The molecule has 2 aliphatic heterocycles. The summed E-state index contributed by atoms with van der Waals surface area (Å²) in [5.41, 5.74) is 1.46. The summed E-state index contributed by atoms with van der Waals surface area (Å²) >= 11 is 0. The Morgan fingerprint density at radius 1 is 1.10 bits per heavy atom. The van der Waals surface area contributed by atoms with Gasteiger partial charge in [-0.3, -0.25) is 4.79 Å². The first-order chi connectivity index (χ1) is 19.3. The summed E-state index contributed by atoms with van der Waals surface area (Å²) in [6, 6.07) is 6.82. The van der Waals surface area contributed by atoms with E-state index in [-0.39, 0.29) is 40.7 Å². The Labute approximate surface area is 245 Å². The summed E-state index contributed by atoms with van der Waals surface area (Å²) in [5, 5.41) is 16.3. The highest BCUT2D eigenvalue weighted by atomic mass is 32.2. The highest BCUT2D eigenvalue weighted by Crippen LogP contribution is 2.66. The molecule has 0 radical (unpaired) electrons. The molecule has 41 heavy (non-hydrogen) atoms. The van der Waals surface area contributed by atoms with Crippen LogP contribution in [-0.2, 0) is 24.7 Å². The minimum absolute atomic E-state index is 0.00346. The third-order valence-electron chi connectivity index (χ3n) is 10.8. The molecule has 0 aromatic heterocycles. The number of piperazine rings is 1. The van der Waals surface area contributed by atoms with Crippen molar-refractivity contribution in [2.45, 2.75) is 71.0 Å². The summed E-state index contributed by atoms with van der Waals surface area (Å²) in [7, 11) is -6.63. The Morgan fingerprint density at radius 2 is 1.76 bits per heavy atom. The van der Waals surface area contributed by atoms with Crippen LogP contribution in [0.3, 0.4) is 0 Å². The topological polar surface area (TPSA) is 136 Å². The van der Waals surface area contributed by atoms with E-state index in [4.69, 9.17) is 0 Å². The molecule has 3 unspecified atom stereocenters. The van der Waals surface area contributed by atoms with Gasteiger partial charge in [0.15, 0.2) is 0 Å². The molecule has 1 aromatic rings. The summed E-state index contributed by atoms with van der Waals surface area (Å²) < 4.78 is 53.1. The van der Waals surface area contributed by atoms with Crippen molar-refractivity contribution in [3.05, 3.63) is 29.8 Å². The molecule has 0 spiro atoms. The summed E-state index contributed by atoms with van der Waals surface area (Å²) in [6.07, 6.45) is 3.20. The van der Waals surface area contributed by atoms with Crippen molar-refractivity contribution in [1.29, 1.82) is 0 Å². The number of hydrogen-bond donors (Lipinski definition) is 3. The summed E-state index contributed by atoms with van der Waals surface area (Å²) in [4.78, 5) is 15.7. The number of aliphatic hydroxyl groups excluding tert-OH is 1. The quantitative estimate of drug-likeness (QED) is 0.381. The molecule has 1 amide bonds. The second-order valence-electron chi connectivity index (χ2n) is 13.2. The Morgan fingerprint density at radius 3 is 2.37 bits per heavy atom. The minimum Gasteiger partial charge on any atom is -0.394 e. The number of sulfonamides is 1. The zero-order valence-electron chi connectivity index (χ0n) is 24.5. The van der Waals surface area contributed by atoms with Gasteiger partial charge in [-0.25, -0.2) is 16.8 Å². The molecule has 4 aliphatic rings. The first-order valence-electron chi connectivity index (χ1n) is 14.9. The molecule has 12 heteroatoms. The molecule has 4 fully saturated rings. The van der Waals surface area contributed by atoms with E-state index in [9.17, 15) is 26.7 Å². The molecule has 3 N–H and O–H groups in total. The fourth-order valence-electron chi connectivity index (χ4n) is 7.99. The van der Waals surface area contributed by atoms with Gasteiger partial charge in [-0.05, 0) is 62.0 Å². The van der Waals surface area contributed by atoms with Gasteiger partial charge in [0.25, 0.3) is 0 Å². The lowest BCUT2D eigenvalue weighted by Gasteiger charge is -2.44. The molecule has 230 valence electrons. The molecular formula is C29H46N4O6S2. The van der Waals surface area contributed by atoms with E-state index in [0.29, 0.717) is 44.9 Å². The number of sulfone groups is 1. The molecule has 10 nitrogen and oxygen atoms in total. The monoisotopic (exact) mass is 610 g/mol. The van der Waals surface area contributed by atoms with E-state index in [0.717, 1.165) is 24.9 Å². The number of hydrogen-bond acceptors (Lipinski definition) is 8. The average molecular weight is 611 g/mol. The predicted octanol–water partition coefficient (Wildman–Crippen LogP) is 1.29. The number of rotatable bonds is 9. The molecule has 2 bridgehead atoms. The second kappa shape index (κ2) is 11.4. The molecule has 2 saturated carbocycles. The van der Waals surface area contributed by atoms with Crippen LogP contribution in [-0.4, -0.2) is 100 Å². The van der Waals surface area contributed by atoms with E-state index in [1.807, 2.05) is 12.1 Å². The molecule has 2 heterocycles. The standard InChI is InChI=1S/C29H46N4O6S2/c1-21-6-4-5-7-25(21)32-12-14-33(15-13-32)41(38,39)20-29-11-8-22(28(29,2)3)18-26(29)31-27(35)24(19-34)30-23-9-16-40(36,37)17-10-23/h4-7,22-24,26,30,34H,8-20H2,1-3H3,(H,31,35)/t22?,24-,26?,29?/m0/s1. The van der Waals surface area contributed by atoms with Gasteiger partial charge in [0.1, 0.15) is 15.9 Å². The van der Waals surface area contributed by atoms with E-state index in [1.165, 1.54) is 5.56 Å². The van der Waals surface area contributed by atoms with Gasteiger partial charge >= 0.3 is 0 Å². The second-order valence-corrected chi connectivity index (χ2v) is 17.4. The highest BCUT2D eigenvalue weighted by molar-refractivity contribution is 7.91. The smallest absolute Gasteiger partial charge is 0.239 e. The number of benzene rings is 1. The molecule has 1 aromatic carbocycles. The largest absolute Gasteiger partial charge is 0.394 e. The predicted molar refractivity (Wildman–Crippen MR) is 160 cm³/mol. The van der Waals surface area contributed by atoms with Gasteiger partial charge in [-0.2, -0.15) is 4.31 Å². The lowest BCUT2D eigenvalue weighted by Crippen LogP contribution is -2.59. The van der Waals surface area contributed by atoms with Crippen molar-refractivity contribution in [2.75, 3.05) is 54.9 Å². The molecule has 2 saturated heterocycles. The van der Waals surface area contributed by atoms with Gasteiger partial charge in [-0.1, -0.05) is 32.0 Å². The lowest BCUT2D eigenvalue weighted by atomic mass is 9.69. The molecular weight excluding hydrogens is 564 g/mol. The number of carbonyl (C=O) groups is 1. The number of aliphatic hydroxyl groups is 1. The maximum absolute atomic E-state index is 14.0.